The quantitative estimate of drug-likeness (QED) is 0.768. The lowest BCUT2D eigenvalue weighted by molar-refractivity contribution is -0.115. The maximum Gasteiger partial charge on any atom is 0.238 e. The van der Waals surface area contributed by atoms with E-state index in [1.807, 2.05) is 12.1 Å². The second kappa shape index (κ2) is 8.73. The third-order valence-electron chi connectivity index (χ3n) is 3.31. The average molecular weight is 331 g/mol. The summed E-state index contributed by atoms with van der Waals surface area (Å²) in [6.07, 6.45) is 3.43. The van der Waals surface area contributed by atoms with Crippen molar-refractivity contribution in [3.63, 3.8) is 0 Å². The van der Waals surface area contributed by atoms with Crippen LogP contribution >= 0.6 is 0 Å². The van der Waals surface area contributed by atoms with E-state index in [-0.39, 0.29) is 12.5 Å². The van der Waals surface area contributed by atoms with Crippen LogP contribution in [0, 0.1) is 0 Å². The molecule has 0 spiro atoms. The number of amides is 1. The third-order valence-corrected chi connectivity index (χ3v) is 3.31. The van der Waals surface area contributed by atoms with Crippen molar-refractivity contribution < 1.29 is 19.0 Å². The van der Waals surface area contributed by atoms with Crippen molar-refractivity contribution in [2.75, 3.05) is 33.2 Å². The van der Waals surface area contributed by atoms with Crippen molar-refractivity contribution in [1.82, 2.24) is 10.3 Å². The molecule has 1 aromatic carbocycles. The highest BCUT2D eigenvalue weighted by Gasteiger charge is 2.14. The SMILES string of the molecule is COc1cc(NC(=O)CNCc2ccncc2)cc(OC)c1OC. The van der Waals surface area contributed by atoms with Gasteiger partial charge in [0.2, 0.25) is 11.7 Å². The van der Waals surface area contributed by atoms with E-state index in [0.29, 0.717) is 29.5 Å². The lowest BCUT2D eigenvalue weighted by Gasteiger charge is -2.14. The second-order valence-electron chi connectivity index (χ2n) is 4.92. The fourth-order valence-electron chi connectivity index (χ4n) is 2.18. The van der Waals surface area contributed by atoms with Gasteiger partial charge < -0.3 is 24.8 Å². The fourth-order valence-corrected chi connectivity index (χ4v) is 2.18. The molecule has 1 heterocycles. The average Bonchev–Trinajstić information content (AvgIpc) is 2.61. The number of ether oxygens (including phenoxy) is 3. The van der Waals surface area contributed by atoms with Gasteiger partial charge in [-0.2, -0.15) is 0 Å². The first-order valence-electron chi connectivity index (χ1n) is 7.37. The van der Waals surface area contributed by atoms with Crippen molar-refractivity contribution in [2.45, 2.75) is 6.54 Å². The van der Waals surface area contributed by atoms with Crippen LogP contribution in [0.3, 0.4) is 0 Å². The number of pyridine rings is 1. The number of carbonyl (C=O) groups is 1. The number of methoxy groups -OCH3 is 3. The van der Waals surface area contributed by atoms with Gasteiger partial charge in [0.05, 0.1) is 27.9 Å². The summed E-state index contributed by atoms with van der Waals surface area (Å²) in [7, 11) is 4.58. The molecule has 1 aromatic heterocycles. The molecule has 0 aliphatic rings. The topological polar surface area (TPSA) is 81.7 Å². The summed E-state index contributed by atoms with van der Waals surface area (Å²) < 4.78 is 15.8. The van der Waals surface area contributed by atoms with Gasteiger partial charge in [0, 0.05) is 36.8 Å². The Morgan fingerprint density at radius 3 is 2.21 bits per heavy atom. The lowest BCUT2D eigenvalue weighted by atomic mass is 10.2. The van der Waals surface area contributed by atoms with Crippen molar-refractivity contribution in [2.24, 2.45) is 0 Å². The van der Waals surface area contributed by atoms with E-state index in [0.717, 1.165) is 5.56 Å². The molecule has 24 heavy (non-hydrogen) atoms. The molecule has 7 nitrogen and oxygen atoms in total. The van der Waals surface area contributed by atoms with Crippen LogP contribution in [0.5, 0.6) is 17.2 Å². The number of nitrogens with zero attached hydrogens (tertiary/aromatic N) is 1. The molecule has 0 radical (unpaired) electrons. The first-order valence-corrected chi connectivity index (χ1v) is 7.37. The summed E-state index contributed by atoms with van der Waals surface area (Å²) in [6.45, 7) is 0.768. The Kier molecular flexibility index (Phi) is 6.39. The molecular weight excluding hydrogens is 310 g/mol. The highest BCUT2D eigenvalue weighted by Crippen LogP contribution is 2.39. The normalized spacial score (nSPS) is 10.1. The van der Waals surface area contributed by atoms with Gasteiger partial charge in [0.1, 0.15) is 0 Å². The van der Waals surface area contributed by atoms with Crippen LogP contribution in [-0.2, 0) is 11.3 Å². The molecule has 2 aromatic rings. The molecule has 0 aliphatic heterocycles. The number of hydrogen-bond acceptors (Lipinski definition) is 6. The van der Waals surface area contributed by atoms with E-state index in [2.05, 4.69) is 15.6 Å². The number of carbonyl (C=O) groups excluding carboxylic acids is 1. The number of benzene rings is 1. The summed E-state index contributed by atoms with van der Waals surface area (Å²) in [5, 5.41) is 5.87. The molecule has 0 aliphatic carbocycles. The Morgan fingerprint density at radius 2 is 1.67 bits per heavy atom. The van der Waals surface area contributed by atoms with Crippen molar-refractivity contribution >= 4 is 11.6 Å². The number of hydrogen-bond donors (Lipinski definition) is 2. The van der Waals surface area contributed by atoms with Gasteiger partial charge in [-0.1, -0.05) is 0 Å². The van der Waals surface area contributed by atoms with Crippen molar-refractivity contribution in [3.8, 4) is 17.2 Å². The monoisotopic (exact) mass is 331 g/mol. The molecule has 7 heteroatoms. The molecule has 0 fully saturated rings. The van der Waals surface area contributed by atoms with Crippen molar-refractivity contribution in [3.05, 3.63) is 42.2 Å². The maximum absolute atomic E-state index is 12.1. The minimum atomic E-state index is -0.168. The number of nitrogens with one attached hydrogen (secondary N) is 2. The van der Waals surface area contributed by atoms with E-state index in [1.165, 1.54) is 21.3 Å². The van der Waals surface area contributed by atoms with Crippen LogP contribution in [-0.4, -0.2) is 38.8 Å². The lowest BCUT2D eigenvalue weighted by Crippen LogP contribution is -2.27. The van der Waals surface area contributed by atoms with Crippen LogP contribution in [0.1, 0.15) is 5.56 Å². The smallest absolute Gasteiger partial charge is 0.238 e. The highest BCUT2D eigenvalue weighted by atomic mass is 16.5. The molecule has 128 valence electrons. The molecule has 2 rings (SSSR count). The highest BCUT2D eigenvalue weighted by molar-refractivity contribution is 5.93. The largest absolute Gasteiger partial charge is 0.493 e. The minimum absolute atomic E-state index is 0.168. The van der Waals surface area contributed by atoms with E-state index >= 15 is 0 Å². The second-order valence-corrected chi connectivity index (χ2v) is 4.92. The predicted molar refractivity (Wildman–Crippen MR) is 90.7 cm³/mol. The summed E-state index contributed by atoms with van der Waals surface area (Å²) in [6, 6.07) is 7.15. The zero-order valence-electron chi connectivity index (χ0n) is 14.0. The summed E-state index contributed by atoms with van der Waals surface area (Å²) in [5.74, 6) is 1.28. The first-order chi connectivity index (χ1) is 11.7. The van der Waals surface area contributed by atoms with Crippen molar-refractivity contribution in [1.29, 1.82) is 0 Å². The first kappa shape index (κ1) is 17.6. The fraction of sp³-hybridized carbons (Fsp3) is 0.294. The minimum Gasteiger partial charge on any atom is -0.493 e. The number of aromatic nitrogens is 1. The van der Waals surface area contributed by atoms with Gasteiger partial charge in [-0.05, 0) is 17.7 Å². The van der Waals surface area contributed by atoms with Crippen LogP contribution in [0.2, 0.25) is 0 Å². The zero-order chi connectivity index (χ0) is 17.4. The summed E-state index contributed by atoms with van der Waals surface area (Å²) in [4.78, 5) is 16.0. The Morgan fingerprint density at radius 1 is 1.04 bits per heavy atom. The van der Waals surface area contributed by atoms with Gasteiger partial charge >= 0.3 is 0 Å². The Labute approximate surface area is 140 Å². The van der Waals surface area contributed by atoms with Gasteiger partial charge in [0.15, 0.2) is 11.5 Å². The molecule has 0 bridgehead atoms. The molecule has 0 saturated heterocycles. The summed E-state index contributed by atoms with van der Waals surface area (Å²) in [5.41, 5.74) is 1.63. The Bertz CT molecular complexity index is 652. The van der Waals surface area contributed by atoms with Crippen LogP contribution in [0.15, 0.2) is 36.7 Å². The standard InChI is InChI=1S/C17H21N3O4/c1-22-14-8-13(9-15(23-2)17(14)24-3)20-16(21)11-19-10-12-4-6-18-7-5-12/h4-9,19H,10-11H2,1-3H3,(H,20,21). The van der Waals surface area contributed by atoms with E-state index in [1.54, 1.807) is 24.5 Å². The molecule has 0 atom stereocenters. The summed E-state index contributed by atoms with van der Waals surface area (Å²) >= 11 is 0. The van der Waals surface area contributed by atoms with E-state index in [9.17, 15) is 4.79 Å². The van der Waals surface area contributed by atoms with Crippen LogP contribution < -0.4 is 24.8 Å². The van der Waals surface area contributed by atoms with E-state index in [4.69, 9.17) is 14.2 Å². The van der Waals surface area contributed by atoms with Crippen LogP contribution in [0.4, 0.5) is 5.69 Å². The van der Waals surface area contributed by atoms with E-state index < -0.39 is 0 Å². The third kappa shape index (κ3) is 4.60. The molecule has 0 saturated carbocycles. The van der Waals surface area contributed by atoms with Gasteiger partial charge in [-0.15, -0.1) is 0 Å². The Balaban J connectivity index is 1.96. The number of rotatable bonds is 8. The molecular formula is C17H21N3O4. The van der Waals surface area contributed by atoms with Gasteiger partial charge in [0.25, 0.3) is 0 Å². The predicted octanol–water partition coefficient (Wildman–Crippen LogP) is 1.84. The Hall–Kier alpha value is -2.80. The van der Waals surface area contributed by atoms with Gasteiger partial charge in [-0.25, -0.2) is 0 Å². The molecule has 0 unspecified atom stereocenters. The zero-order valence-corrected chi connectivity index (χ0v) is 14.0. The molecule has 1 amide bonds. The molecule has 2 N–H and O–H groups in total. The van der Waals surface area contributed by atoms with Gasteiger partial charge in [-0.3, -0.25) is 9.78 Å². The number of anilines is 1. The maximum atomic E-state index is 12.1. The van der Waals surface area contributed by atoms with Crippen LogP contribution in [0.25, 0.3) is 0 Å².